The van der Waals surface area contributed by atoms with Crippen LogP contribution in [0.15, 0.2) is 42.5 Å². The minimum Gasteiger partial charge on any atom is -0.320 e. The Morgan fingerprint density at radius 2 is 1.73 bits per heavy atom. The summed E-state index contributed by atoms with van der Waals surface area (Å²) >= 11 is 6.64. The molecule has 2 heteroatoms. The Morgan fingerprint density at radius 3 is 2.30 bits per heavy atom. The van der Waals surface area contributed by atoms with Crippen molar-refractivity contribution in [2.75, 3.05) is 13.6 Å². The van der Waals surface area contributed by atoms with Gasteiger partial charge in [-0.1, -0.05) is 68.3 Å². The normalized spacial score (nSPS) is 12.1. The van der Waals surface area contributed by atoms with Crippen molar-refractivity contribution in [1.29, 1.82) is 0 Å². The lowest BCUT2D eigenvalue weighted by Crippen LogP contribution is -2.08. The molecule has 30 heavy (non-hydrogen) atoms. The van der Waals surface area contributed by atoms with E-state index in [4.69, 9.17) is 11.6 Å². The average Bonchev–Trinajstić information content (AvgIpc) is 2.70. The summed E-state index contributed by atoms with van der Waals surface area (Å²) in [5, 5.41) is 4.10. The lowest BCUT2D eigenvalue weighted by Gasteiger charge is -2.21. The molecule has 1 N–H and O–H groups in total. The van der Waals surface area contributed by atoms with Gasteiger partial charge in [-0.25, -0.2) is 0 Å². The molecule has 0 atom stereocenters. The molecular formula is C28H38ClN. The highest BCUT2D eigenvalue weighted by molar-refractivity contribution is 6.31. The minimum absolute atomic E-state index is 0.865. The van der Waals surface area contributed by atoms with Gasteiger partial charge in [-0.3, -0.25) is 0 Å². The van der Waals surface area contributed by atoms with Gasteiger partial charge < -0.3 is 5.32 Å². The predicted octanol–water partition coefficient (Wildman–Crippen LogP) is 7.96. The quantitative estimate of drug-likeness (QED) is 0.232. The number of rotatable bonds is 10. The highest BCUT2D eigenvalue weighted by Gasteiger charge is 2.17. The molecule has 0 saturated carbocycles. The summed E-state index contributed by atoms with van der Waals surface area (Å²) in [5.41, 5.74) is 11.5. The van der Waals surface area contributed by atoms with E-state index in [2.05, 4.69) is 76.8 Å². The fraction of sp³-hybridized carbons (Fsp3) is 0.429. The van der Waals surface area contributed by atoms with Gasteiger partial charge in [0.1, 0.15) is 0 Å². The van der Waals surface area contributed by atoms with Crippen molar-refractivity contribution in [3.63, 3.8) is 0 Å². The maximum absolute atomic E-state index is 6.64. The summed E-state index contributed by atoms with van der Waals surface area (Å²) in [6.45, 7) is 16.4. The van der Waals surface area contributed by atoms with E-state index in [1.165, 1.54) is 44.5 Å². The molecule has 162 valence electrons. The van der Waals surface area contributed by atoms with Crippen LogP contribution in [0.4, 0.5) is 0 Å². The van der Waals surface area contributed by atoms with Crippen LogP contribution in [0.2, 0.25) is 5.02 Å². The van der Waals surface area contributed by atoms with Gasteiger partial charge in [-0.05, 0) is 111 Å². The van der Waals surface area contributed by atoms with Crippen LogP contribution in [0.5, 0.6) is 0 Å². The third kappa shape index (κ3) is 5.86. The van der Waals surface area contributed by atoms with Crippen molar-refractivity contribution in [2.45, 2.75) is 66.7 Å². The number of halogens is 1. The smallest absolute Gasteiger partial charge is 0.0444 e. The molecule has 0 spiro atoms. The van der Waals surface area contributed by atoms with E-state index in [1.54, 1.807) is 0 Å². The topological polar surface area (TPSA) is 12.0 Å². The molecule has 0 aromatic heterocycles. The Hall–Kier alpha value is -1.83. The molecule has 0 fully saturated rings. The van der Waals surface area contributed by atoms with Crippen LogP contribution in [0.1, 0.15) is 73.4 Å². The molecule has 0 saturated heterocycles. The maximum atomic E-state index is 6.64. The van der Waals surface area contributed by atoms with Crippen LogP contribution in [0.3, 0.4) is 0 Å². The molecule has 0 aliphatic carbocycles. The number of nitrogens with one attached hydrogen (secondary N) is 1. The van der Waals surface area contributed by atoms with Crippen LogP contribution in [-0.2, 0) is 12.8 Å². The van der Waals surface area contributed by atoms with Crippen molar-refractivity contribution in [3.05, 3.63) is 80.9 Å². The lowest BCUT2D eigenvalue weighted by molar-refractivity contribution is 0.724. The SMILES string of the molecule is C=C(C)/C(=C(/CCC)c1cc(Cl)c(CC)cc1C)c1ccc(CCCNC)cc1C. The fourth-order valence-corrected chi connectivity index (χ4v) is 4.56. The molecule has 0 unspecified atom stereocenters. The number of benzene rings is 2. The standard InChI is InChI=1S/C28H38ClN/c1-8-11-25(26-18-27(29)23(9-2)17-21(26)6)28(19(3)4)24-14-13-22(16-20(24)5)12-10-15-30-7/h13-14,16-18,30H,3,8-12,15H2,1-2,4-7H3/b28-25+. The number of hydrogen-bond donors (Lipinski definition) is 1. The Bertz CT molecular complexity index is 920. The van der Waals surface area contributed by atoms with Crippen LogP contribution in [0.25, 0.3) is 11.1 Å². The molecule has 2 aromatic carbocycles. The van der Waals surface area contributed by atoms with Crippen molar-refractivity contribution < 1.29 is 0 Å². The van der Waals surface area contributed by atoms with E-state index < -0.39 is 0 Å². The van der Waals surface area contributed by atoms with E-state index >= 15 is 0 Å². The Balaban J connectivity index is 2.64. The fourth-order valence-electron chi connectivity index (χ4n) is 4.26. The second-order valence-corrected chi connectivity index (χ2v) is 8.76. The van der Waals surface area contributed by atoms with Gasteiger partial charge in [0, 0.05) is 5.02 Å². The Morgan fingerprint density at radius 1 is 1.03 bits per heavy atom. The van der Waals surface area contributed by atoms with Gasteiger partial charge in [-0.15, -0.1) is 0 Å². The molecule has 0 radical (unpaired) electrons. The van der Waals surface area contributed by atoms with Crippen LogP contribution in [-0.4, -0.2) is 13.6 Å². The largest absolute Gasteiger partial charge is 0.320 e. The van der Waals surface area contributed by atoms with Gasteiger partial charge in [0.2, 0.25) is 0 Å². The third-order valence-corrected chi connectivity index (χ3v) is 6.13. The van der Waals surface area contributed by atoms with Crippen molar-refractivity contribution in [3.8, 4) is 0 Å². The van der Waals surface area contributed by atoms with Crippen LogP contribution in [0, 0.1) is 13.8 Å². The third-order valence-electron chi connectivity index (χ3n) is 5.78. The molecular weight excluding hydrogens is 386 g/mol. The number of hydrogen-bond acceptors (Lipinski definition) is 1. The zero-order chi connectivity index (χ0) is 22.3. The van der Waals surface area contributed by atoms with Gasteiger partial charge in [0.05, 0.1) is 0 Å². The predicted molar refractivity (Wildman–Crippen MR) is 136 cm³/mol. The molecule has 0 aliphatic rings. The minimum atomic E-state index is 0.865. The van der Waals surface area contributed by atoms with Gasteiger partial charge in [0.15, 0.2) is 0 Å². The first-order valence-corrected chi connectivity index (χ1v) is 11.6. The molecule has 2 aromatic rings. The second-order valence-electron chi connectivity index (χ2n) is 8.35. The number of aryl methyl sites for hydroxylation is 4. The maximum Gasteiger partial charge on any atom is 0.0444 e. The number of allylic oxidation sites excluding steroid dienone is 3. The Labute approximate surface area is 189 Å². The van der Waals surface area contributed by atoms with Crippen LogP contribution < -0.4 is 5.32 Å². The van der Waals surface area contributed by atoms with Crippen molar-refractivity contribution >= 4 is 22.7 Å². The molecule has 0 amide bonds. The average molecular weight is 424 g/mol. The zero-order valence-electron chi connectivity index (χ0n) is 19.7. The van der Waals surface area contributed by atoms with E-state index in [0.717, 1.165) is 49.2 Å². The first-order chi connectivity index (χ1) is 14.3. The summed E-state index contributed by atoms with van der Waals surface area (Å²) in [7, 11) is 2.01. The summed E-state index contributed by atoms with van der Waals surface area (Å²) in [4.78, 5) is 0. The van der Waals surface area contributed by atoms with Gasteiger partial charge in [0.25, 0.3) is 0 Å². The first-order valence-electron chi connectivity index (χ1n) is 11.3. The van der Waals surface area contributed by atoms with E-state index in [9.17, 15) is 0 Å². The molecule has 0 aliphatic heterocycles. The molecule has 0 bridgehead atoms. The summed E-state index contributed by atoms with van der Waals surface area (Å²) in [5.74, 6) is 0. The van der Waals surface area contributed by atoms with Crippen molar-refractivity contribution in [1.82, 2.24) is 5.32 Å². The second kappa shape index (κ2) is 11.5. The highest BCUT2D eigenvalue weighted by atomic mass is 35.5. The molecule has 0 heterocycles. The Kier molecular flexibility index (Phi) is 9.39. The van der Waals surface area contributed by atoms with Gasteiger partial charge in [-0.2, -0.15) is 0 Å². The van der Waals surface area contributed by atoms with Crippen LogP contribution >= 0.6 is 11.6 Å². The van der Waals surface area contributed by atoms with E-state index in [0.29, 0.717) is 0 Å². The summed E-state index contributed by atoms with van der Waals surface area (Å²) in [6, 6.07) is 11.3. The highest BCUT2D eigenvalue weighted by Crippen LogP contribution is 2.38. The molecule has 2 rings (SSSR count). The zero-order valence-corrected chi connectivity index (χ0v) is 20.5. The summed E-state index contributed by atoms with van der Waals surface area (Å²) in [6.07, 6.45) is 5.30. The van der Waals surface area contributed by atoms with E-state index in [-0.39, 0.29) is 0 Å². The summed E-state index contributed by atoms with van der Waals surface area (Å²) < 4.78 is 0. The van der Waals surface area contributed by atoms with Crippen molar-refractivity contribution in [2.24, 2.45) is 0 Å². The first kappa shape index (κ1) is 24.4. The lowest BCUT2D eigenvalue weighted by atomic mass is 9.84. The van der Waals surface area contributed by atoms with E-state index in [1.807, 2.05) is 7.05 Å². The monoisotopic (exact) mass is 423 g/mol. The van der Waals surface area contributed by atoms with Gasteiger partial charge >= 0.3 is 0 Å². The molecule has 1 nitrogen and oxygen atoms in total.